The lowest BCUT2D eigenvalue weighted by Gasteiger charge is -2.38. The second-order valence-electron chi connectivity index (χ2n) is 6.93. The van der Waals surface area contributed by atoms with Gasteiger partial charge < -0.3 is 10.6 Å². The molecular weight excluding hydrogens is 322 g/mol. The monoisotopic (exact) mass is 341 g/mol. The number of nitrogens with one attached hydrogen (secondary N) is 2. The third-order valence-corrected chi connectivity index (χ3v) is 6.02. The van der Waals surface area contributed by atoms with Gasteiger partial charge in [0.2, 0.25) is 0 Å². The molecule has 1 fully saturated rings. The third kappa shape index (κ3) is 1.85. The minimum Gasteiger partial charge on any atom is -0.343 e. The third-order valence-electron chi connectivity index (χ3n) is 5.71. The Hall–Kier alpha value is -1.85. The van der Waals surface area contributed by atoms with Crippen molar-refractivity contribution < 1.29 is 0 Å². The van der Waals surface area contributed by atoms with Crippen LogP contribution in [-0.2, 0) is 18.5 Å². The Labute approximate surface area is 146 Å². The van der Waals surface area contributed by atoms with Gasteiger partial charge in [-0.25, -0.2) is 0 Å². The zero-order chi connectivity index (χ0) is 16.3. The minimum absolute atomic E-state index is 0.0730. The van der Waals surface area contributed by atoms with Crippen LogP contribution in [0.5, 0.6) is 0 Å². The van der Waals surface area contributed by atoms with Gasteiger partial charge in [0.05, 0.1) is 28.4 Å². The maximum Gasteiger partial charge on any atom is 0.111 e. The molecule has 0 saturated heterocycles. The fourth-order valence-electron chi connectivity index (χ4n) is 4.27. The van der Waals surface area contributed by atoms with Crippen molar-refractivity contribution in [1.82, 2.24) is 15.1 Å². The van der Waals surface area contributed by atoms with E-state index < -0.39 is 0 Å². The Morgan fingerprint density at radius 1 is 1.29 bits per heavy atom. The number of hydrogen-bond donors (Lipinski definition) is 2. The number of anilines is 1. The quantitative estimate of drug-likeness (QED) is 0.837. The molecule has 124 valence electrons. The van der Waals surface area contributed by atoms with E-state index in [9.17, 15) is 0 Å². The van der Waals surface area contributed by atoms with E-state index in [1.54, 1.807) is 0 Å². The molecule has 1 saturated carbocycles. The van der Waals surface area contributed by atoms with Crippen LogP contribution < -0.4 is 10.6 Å². The summed E-state index contributed by atoms with van der Waals surface area (Å²) in [6.45, 7) is 2.74. The molecule has 0 amide bonds. The van der Waals surface area contributed by atoms with Crippen molar-refractivity contribution >= 4 is 23.1 Å². The van der Waals surface area contributed by atoms with Gasteiger partial charge in [0.15, 0.2) is 0 Å². The van der Waals surface area contributed by atoms with Gasteiger partial charge >= 0.3 is 0 Å². The molecule has 1 spiro atoms. The summed E-state index contributed by atoms with van der Waals surface area (Å²) < 4.78 is 2.08. The van der Waals surface area contributed by atoms with Gasteiger partial charge in [-0.3, -0.25) is 9.67 Å². The SMILES string of the molecule is CN=C1Nc2cc(-c3cc4n(n3)CCNC4)c(Cl)cc2C12CCC2. The number of rotatable bonds is 1. The van der Waals surface area contributed by atoms with Crippen LogP contribution >= 0.6 is 11.6 Å². The van der Waals surface area contributed by atoms with Gasteiger partial charge in [-0.2, -0.15) is 5.10 Å². The zero-order valence-corrected chi connectivity index (χ0v) is 14.5. The van der Waals surface area contributed by atoms with Crippen LogP contribution in [0.15, 0.2) is 23.2 Å². The molecule has 1 aliphatic carbocycles. The molecule has 3 heterocycles. The van der Waals surface area contributed by atoms with E-state index >= 15 is 0 Å². The minimum atomic E-state index is 0.0730. The van der Waals surface area contributed by atoms with Crippen LogP contribution in [0.1, 0.15) is 30.5 Å². The summed E-state index contributed by atoms with van der Waals surface area (Å²) >= 11 is 6.67. The van der Waals surface area contributed by atoms with Gasteiger partial charge in [-0.15, -0.1) is 0 Å². The first kappa shape index (κ1) is 14.5. The first-order valence-electron chi connectivity index (χ1n) is 8.57. The number of fused-ring (bicyclic) bond motifs is 3. The lowest BCUT2D eigenvalue weighted by molar-refractivity contribution is 0.347. The largest absolute Gasteiger partial charge is 0.343 e. The molecule has 0 unspecified atom stereocenters. The van der Waals surface area contributed by atoms with Crippen molar-refractivity contribution in [1.29, 1.82) is 0 Å². The highest BCUT2D eigenvalue weighted by Crippen LogP contribution is 2.53. The first-order valence-corrected chi connectivity index (χ1v) is 8.95. The van der Waals surface area contributed by atoms with E-state index in [1.165, 1.54) is 17.7 Å². The molecular formula is C18H20ClN5. The molecule has 1 aromatic heterocycles. The molecule has 24 heavy (non-hydrogen) atoms. The lowest BCUT2D eigenvalue weighted by Crippen LogP contribution is -2.41. The molecule has 5 rings (SSSR count). The highest BCUT2D eigenvalue weighted by molar-refractivity contribution is 6.33. The van der Waals surface area contributed by atoms with Gasteiger partial charge in [-0.05, 0) is 36.6 Å². The van der Waals surface area contributed by atoms with Crippen molar-refractivity contribution in [3.63, 3.8) is 0 Å². The van der Waals surface area contributed by atoms with E-state index in [-0.39, 0.29) is 5.41 Å². The van der Waals surface area contributed by atoms with Crippen molar-refractivity contribution in [2.24, 2.45) is 4.99 Å². The van der Waals surface area contributed by atoms with Crippen LogP contribution in [-0.4, -0.2) is 29.2 Å². The Morgan fingerprint density at radius 2 is 2.17 bits per heavy atom. The Bertz CT molecular complexity index is 839. The number of hydrogen-bond acceptors (Lipinski definition) is 3. The predicted octanol–water partition coefficient (Wildman–Crippen LogP) is 3.18. The molecule has 1 aromatic carbocycles. The first-order chi connectivity index (χ1) is 11.7. The number of amidine groups is 1. The van der Waals surface area contributed by atoms with Gasteiger partial charge in [-0.1, -0.05) is 18.0 Å². The van der Waals surface area contributed by atoms with Crippen LogP contribution in [0.3, 0.4) is 0 Å². The molecule has 3 aliphatic rings. The molecule has 2 aliphatic heterocycles. The summed E-state index contributed by atoms with van der Waals surface area (Å²) in [5.41, 5.74) is 5.67. The fraction of sp³-hybridized carbons (Fsp3) is 0.444. The molecule has 5 nitrogen and oxygen atoms in total. The summed E-state index contributed by atoms with van der Waals surface area (Å²) in [6, 6.07) is 6.42. The molecule has 0 atom stereocenters. The Kier molecular flexibility index (Phi) is 3.06. The van der Waals surface area contributed by atoms with E-state index in [0.717, 1.165) is 60.3 Å². The number of benzene rings is 1. The topological polar surface area (TPSA) is 54.2 Å². The maximum atomic E-state index is 6.67. The van der Waals surface area contributed by atoms with Gasteiger partial charge in [0.1, 0.15) is 5.84 Å². The summed E-state index contributed by atoms with van der Waals surface area (Å²) in [7, 11) is 1.87. The lowest BCUT2D eigenvalue weighted by atomic mass is 9.65. The summed E-state index contributed by atoms with van der Waals surface area (Å²) in [5.74, 6) is 1.09. The number of aliphatic imine (C=N–C) groups is 1. The zero-order valence-electron chi connectivity index (χ0n) is 13.7. The van der Waals surface area contributed by atoms with Crippen molar-refractivity contribution in [2.45, 2.75) is 37.8 Å². The van der Waals surface area contributed by atoms with Crippen LogP contribution in [0.2, 0.25) is 5.02 Å². The van der Waals surface area contributed by atoms with Crippen LogP contribution in [0.25, 0.3) is 11.3 Å². The van der Waals surface area contributed by atoms with E-state index in [2.05, 4.69) is 38.5 Å². The fourth-order valence-corrected chi connectivity index (χ4v) is 4.53. The molecule has 6 heteroatoms. The summed E-state index contributed by atoms with van der Waals surface area (Å²) in [4.78, 5) is 4.50. The summed E-state index contributed by atoms with van der Waals surface area (Å²) in [6.07, 6.45) is 3.56. The summed E-state index contributed by atoms with van der Waals surface area (Å²) in [5, 5.41) is 12.4. The highest BCUT2D eigenvalue weighted by atomic mass is 35.5. The van der Waals surface area contributed by atoms with Gasteiger partial charge in [0.25, 0.3) is 0 Å². The van der Waals surface area contributed by atoms with E-state index in [1.807, 2.05) is 7.05 Å². The predicted molar refractivity (Wildman–Crippen MR) is 96.9 cm³/mol. The van der Waals surface area contributed by atoms with E-state index in [0.29, 0.717) is 0 Å². The smallest absolute Gasteiger partial charge is 0.111 e. The number of halogens is 1. The van der Waals surface area contributed by atoms with Gasteiger partial charge in [0, 0.05) is 31.4 Å². The van der Waals surface area contributed by atoms with Crippen molar-refractivity contribution in [3.8, 4) is 11.3 Å². The second kappa shape index (κ2) is 5.07. The average molecular weight is 342 g/mol. The average Bonchev–Trinajstić information content (AvgIpc) is 3.11. The Morgan fingerprint density at radius 3 is 2.88 bits per heavy atom. The van der Waals surface area contributed by atoms with Crippen molar-refractivity contribution in [3.05, 3.63) is 34.5 Å². The number of aromatic nitrogens is 2. The van der Waals surface area contributed by atoms with E-state index in [4.69, 9.17) is 16.7 Å². The molecule has 0 radical (unpaired) electrons. The molecule has 2 aromatic rings. The van der Waals surface area contributed by atoms with Crippen LogP contribution in [0, 0.1) is 0 Å². The molecule has 0 bridgehead atoms. The van der Waals surface area contributed by atoms with Crippen molar-refractivity contribution in [2.75, 3.05) is 18.9 Å². The molecule has 2 N–H and O–H groups in total. The standard InChI is InChI=1S/C18H20ClN5/c1-20-17-18(3-2-4-18)13-9-14(19)12(8-16(13)22-17)15-7-11-10-21-5-6-24(11)23-15/h7-9,21H,2-6,10H2,1H3,(H,20,22). The normalized spacial score (nSPS) is 22.2. The highest BCUT2D eigenvalue weighted by Gasteiger charge is 2.49. The Balaban J connectivity index is 1.62. The van der Waals surface area contributed by atoms with Crippen LogP contribution in [0.4, 0.5) is 5.69 Å². The number of nitrogens with zero attached hydrogens (tertiary/aromatic N) is 3. The maximum absolute atomic E-state index is 6.67. The second-order valence-corrected chi connectivity index (χ2v) is 7.34.